The fourth-order valence-electron chi connectivity index (χ4n) is 2.52. The fraction of sp³-hybridized carbons (Fsp3) is 0.462. The number of nitrogens with zero attached hydrogens (tertiary/aromatic N) is 4. The van der Waals surface area contributed by atoms with Crippen LogP contribution in [0.4, 0.5) is 0 Å². The van der Waals surface area contributed by atoms with Gasteiger partial charge >= 0.3 is 0 Å². The van der Waals surface area contributed by atoms with E-state index in [-0.39, 0.29) is 11.8 Å². The minimum absolute atomic E-state index is 0.0156. The second kappa shape index (κ2) is 4.94. The van der Waals surface area contributed by atoms with E-state index in [0.29, 0.717) is 35.5 Å². The van der Waals surface area contributed by atoms with Crippen LogP contribution in [0.1, 0.15) is 34.5 Å². The molecule has 2 aromatic rings. The molecule has 1 unspecified atom stereocenters. The van der Waals surface area contributed by atoms with Gasteiger partial charge in [0.25, 0.3) is 5.91 Å². The van der Waals surface area contributed by atoms with Gasteiger partial charge in [0.15, 0.2) is 5.82 Å². The number of aromatic nitrogens is 3. The maximum absolute atomic E-state index is 12.4. The summed E-state index contributed by atoms with van der Waals surface area (Å²) in [7, 11) is 1.81. The van der Waals surface area contributed by atoms with Gasteiger partial charge in [-0.3, -0.25) is 4.79 Å². The second-order valence-corrected chi connectivity index (χ2v) is 5.51. The van der Waals surface area contributed by atoms with Gasteiger partial charge in [-0.05, 0) is 19.4 Å². The molecule has 1 saturated heterocycles. The highest BCUT2D eigenvalue weighted by molar-refractivity contribution is 6.31. The number of halogens is 1. The van der Waals surface area contributed by atoms with E-state index in [0.717, 1.165) is 6.42 Å². The van der Waals surface area contributed by atoms with Crippen LogP contribution in [0.5, 0.6) is 0 Å². The second-order valence-electron chi connectivity index (χ2n) is 5.07. The number of aryl methyl sites for hydroxylation is 2. The summed E-state index contributed by atoms with van der Waals surface area (Å²) < 4.78 is 6.93. The molecular weight excluding hydrogens is 280 g/mol. The summed E-state index contributed by atoms with van der Waals surface area (Å²) in [4.78, 5) is 18.5. The molecule has 3 rings (SSSR count). The Labute approximate surface area is 121 Å². The minimum Gasteiger partial charge on any atom is -0.345 e. The lowest BCUT2D eigenvalue weighted by atomic mass is 10.1. The van der Waals surface area contributed by atoms with Crippen molar-refractivity contribution in [2.75, 3.05) is 13.1 Å². The molecule has 1 amide bonds. The number of carbonyl (C=O) groups is 1. The van der Waals surface area contributed by atoms with Crippen molar-refractivity contribution in [3.63, 3.8) is 0 Å². The first-order chi connectivity index (χ1) is 9.54. The highest BCUT2D eigenvalue weighted by atomic mass is 35.5. The lowest BCUT2D eigenvalue weighted by Crippen LogP contribution is -2.29. The van der Waals surface area contributed by atoms with Crippen molar-refractivity contribution < 1.29 is 9.32 Å². The first-order valence-electron chi connectivity index (χ1n) is 6.46. The molecule has 0 N–H and O–H groups in total. The standard InChI is InChI=1S/C13H15ClN4O2/c1-8-15-12(20-16-8)9-3-4-18(6-9)13(19)11-5-10(14)7-17(11)2/h5,7,9H,3-4,6H2,1-2H3. The molecule has 0 spiro atoms. The normalized spacial score (nSPS) is 18.8. The monoisotopic (exact) mass is 294 g/mol. The van der Waals surface area contributed by atoms with E-state index in [1.165, 1.54) is 0 Å². The summed E-state index contributed by atoms with van der Waals surface area (Å²) >= 11 is 5.92. The third-order valence-electron chi connectivity index (χ3n) is 3.56. The summed E-state index contributed by atoms with van der Waals surface area (Å²) in [6.07, 6.45) is 2.56. The van der Waals surface area contributed by atoms with Crippen LogP contribution in [0, 0.1) is 6.92 Å². The largest absolute Gasteiger partial charge is 0.345 e. The van der Waals surface area contributed by atoms with Crippen molar-refractivity contribution in [3.8, 4) is 0 Å². The van der Waals surface area contributed by atoms with Gasteiger partial charge in [0, 0.05) is 26.3 Å². The van der Waals surface area contributed by atoms with Crippen LogP contribution in [0.25, 0.3) is 0 Å². The summed E-state index contributed by atoms with van der Waals surface area (Å²) in [5, 5.41) is 4.36. The van der Waals surface area contributed by atoms with E-state index in [1.54, 1.807) is 28.7 Å². The fourth-order valence-corrected chi connectivity index (χ4v) is 2.77. The van der Waals surface area contributed by atoms with Gasteiger partial charge in [0.1, 0.15) is 5.69 Å². The number of carbonyl (C=O) groups excluding carboxylic acids is 1. The molecule has 0 radical (unpaired) electrons. The lowest BCUT2D eigenvalue weighted by molar-refractivity contribution is 0.0780. The predicted octanol–water partition coefficient (Wildman–Crippen LogP) is 2.00. The Morgan fingerprint density at radius 3 is 2.95 bits per heavy atom. The topological polar surface area (TPSA) is 64.2 Å². The van der Waals surface area contributed by atoms with Gasteiger partial charge in [-0.15, -0.1) is 0 Å². The number of rotatable bonds is 2. The van der Waals surface area contributed by atoms with E-state index in [4.69, 9.17) is 16.1 Å². The van der Waals surface area contributed by atoms with Crippen LogP contribution in [0.3, 0.4) is 0 Å². The molecule has 1 atom stereocenters. The lowest BCUT2D eigenvalue weighted by Gasteiger charge is -2.16. The number of likely N-dealkylation sites (tertiary alicyclic amines) is 1. The van der Waals surface area contributed by atoms with Crippen LogP contribution in [0.15, 0.2) is 16.8 Å². The van der Waals surface area contributed by atoms with Gasteiger partial charge in [-0.25, -0.2) is 0 Å². The van der Waals surface area contributed by atoms with Gasteiger partial charge in [0.05, 0.1) is 10.9 Å². The van der Waals surface area contributed by atoms with Crippen molar-refractivity contribution in [1.82, 2.24) is 19.6 Å². The summed E-state index contributed by atoms with van der Waals surface area (Å²) in [5.41, 5.74) is 0.595. The van der Waals surface area contributed by atoms with Crippen LogP contribution in [-0.2, 0) is 7.05 Å². The van der Waals surface area contributed by atoms with E-state index >= 15 is 0 Å². The van der Waals surface area contributed by atoms with Crippen LogP contribution >= 0.6 is 11.6 Å². The summed E-state index contributed by atoms with van der Waals surface area (Å²) in [6, 6.07) is 1.69. The van der Waals surface area contributed by atoms with E-state index < -0.39 is 0 Å². The van der Waals surface area contributed by atoms with Gasteiger partial charge < -0.3 is 14.0 Å². The molecule has 7 heteroatoms. The molecule has 6 nitrogen and oxygen atoms in total. The molecule has 0 aromatic carbocycles. The molecule has 1 aliphatic rings. The van der Waals surface area contributed by atoms with Crippen LogP contribution in [-0.4, -0.2) is 38.6 Å². The molecule has 106 valence electrons. The Balaban J connectivity index is 1.74. The molecule has 0 bridgehead atoms. The molecule has 0 aliphatic carbocycles. The predicted molar refractivity (Wildman–Crippen MR) is 72.7 cm³/mol. The smallest absolute Gasteiger partial charge is 0.270 e. The van der Waals surface area contributed by atoms with Crippen LogP contribution in [0.2, 0.25) is 5.02 Å². The first kappa shape index (κ1) is 13.2. The van der Waals surface area contributed by atoms with E-state index in [1.807, 2.05) is 7.05 Å². The van der Waals surface area contributed by atoms with Crippen molar-refractivity contribution in [2.45, 2.75) is 19.3 Å². The molecule has 1 aliphatic heterocycles. The molecule has 1 fully saturated rings. The zero-order valence-electron chi connectivity index (χ0n) is 11.3. The molecule has 20 heavy (non-hydrogen) atoms. The van der Waals surface area contributed by atoms with Crippen molar-refractivity contribution in [1.29, 1.82) is 0 Å². The molecule has 3 heterocycles. The SMILES string of the molecule is Cc1noc(C2CCN(C(=O)c3cc(Cl)cn3C)C2)n1. The Kier molecular flexibility index (Phi) is 3.25. The maximum Gasteiger partial charge on any atom is 0.270 e. The van der Waals surface area contributed by atoms with Gasteiger partial charge in [0.2, 0.25) is 5.89 Å². The Bertz CT molecular complexity index is 649. The number of hydrogen-bond donors (Lipinski definition) is 0. The van der Waals surface area contributed by atoms with Crippen molar-refractivity contribution >= 4 is 17.5 Å². The highest BCUT2D eigenvalue weighted by Crippen LogP contribution is 2.27. The zero-order chi connectivity index (χ0) is 14.3. The third kappa shape index (κ3) is 2.31. The van der Waals surface area contributed by atoms with E-state index in [2.05, 4.69) is 10.1 Å². The summed E-state index contributed by atoms with van der Waals surface area (Å²) in [6.45, 7) is 3.08. The van der Waals surface area contributed by atoms with Crippen LogP contribution < -0.4 is 0 Å². The Morgan fingerprint density at radius 1 is 1.55 bits per heavy atom. The number of amides is 1. The van der Waals surface area contributed by atoms with E-state index in [9.17, 15) is 4.79 Å². The molecular formula is C13H15ClN4O2. The Hall–Kier alpha value is -1.82. The average Bonchev–Trinajstić information content (AvgIpc) is 3.08. The summed E-state index contributed by atoms with van der Waals surface area (Å²) in [5.74, 6) is 1.34. The molecule has 0 saturated carbocycles. The zero-order valence-corrected chi connectivity index (χ0v) is 12.1. The first-order valence-corrected chi connectivity index (χ1v) is 6.83. The van der Waals surface area contributed by atoms with Gasteiger partial charge in [-0.2, -0.15) is 4.98 Å². The highest BCUT2D eigenvalue weighted by Gasteiger charge is 2.32. The third-order valence-corrected chi connectivity index (χ3v) is 3.77. The van der Waals surface area contributed by atoms with Crippen molar-refractivity contribution in [3.05, 3.63) is 34.7 Å². The quantitative estimate of drug-likeness (QED) is 0.850. The minimum atomic E-state index is -0.0156. The molecule has 2 aromatic heterocycles. The van der Waals surface area contributed by atoms with Gasteiger partial charge in [-0.1, -0.05) is 16.8 Å². The average molecular weight is 295 g/mol. The van der Waals surface area contributed by atoms with Crippen molar-refractivity contribution in [2.24, 2.45) is 7.05 Å². The Morgan fingerprint density at radius 2 is 2.35 bits per heavy atom. The maximum atomic E-state index is 12.4. The number of hydrogen-bond acceptors (Lipinski definition) is 4.